The van der Waals surface area contributed by atoms with Crippen LogP contribution in [0, 0.1) is 17.0 Å². The molecule has 0 spiro atoms. The van der Waals surface area contributed by atoms with Gasteiger partial charge < -0.3 is 4.74 Å². The first-order valence-electron chi connectivity index (χ1n) is 10.1. The van der Waals surface area contributed by atoms with Crippen LogP contribution in [0.4, 0.5) is 11.4 Å². The van der Waals surface area contributed by atoms with Crippen molar-refractivity contribution in [2.45, 2.75) is 32.7 Å². The Morgan fingerprint density at radius 3 is 2.61 bits per heavy atom. The molecule has 2 aromatic carbocycles. The number of rotatable bonds is 6. The van der Waals surface area contributed by atoms with E-state index in [2.05, 4.69) is 5.43 Å². The van der Waals surface area contributed by atoms with Crippen LogP contribution in [0.25, 0.3) is 0 Å². The van der Waals surface area contributed by atoms with Crippen LogP contribution in [0.15, 0.2) is 42.5 Å². The Bertz CT molecular complexity index is 1150. The van der Waals surface area contributed by atoms with Crippen molar-refractivity contribution in [3.63, 3.8) is 0 Å². The minimum Gasteiger partial charge on any atom is -0.495 e. The molecule has 0 aliphatic carbocycles. The number of nitro groups is 1. The normalized spacial score (nSPS) is 15.4. The van der Waals surface area contributed by atoms with Gasteiger partial charge in [-0.1, -0.05) is 19.1 Å². The lowest BCUT2D eigenvalue weighted by Crippen LogP contribution is -2.54. The Hall–Kier alpha value is -4.28. The second-order valence-electron chi connectivity index (χ2n) is 7.33. The van der Waals surface area contributed by atoms with E-state index in [1.54, 1.807) is 25.1 Å². The highest BCUT2D eigenvalue weighted by Crippen LogP contribution is 2.34. The number of amides is 4. The van der Waals surface area contributed by atoms with Crippen LogP contribution in [0.5, 0.6) is 5.75 Å². The van der Waals surface area contributed by atoms with Crippen molar-refractivity contribution in [3.8, 4) is 5.75 Å². The molecule has 0 radical (unpaired) electrons. The van der Waals surface area contributed by atoms with E-state index in [4.69, 9.17) is 4.74 Å². The summed E-state index contributed by atoms with van der Waals surface area (Å²) in [5.74, 6) is -2.39. The minimum atomic E-state index is -1.28. The van der Waals surface area contributed by atoms with Crippen molar-refractivity contribution in [1.29, 1.82) is 0 Å². The molecule has 4 amide bonds. The van der Waals surface area contributed by atoms with Crippen LogP contribution < -0.4 is 15.1 Å². The van der Waals surface area contributed by atoms with Gasteiger partial charge in [-0.15, -0.1) is 0 Å². The number of methoxy groups -OCH3 is 1. The number of imide groups is 1. The predicted octanol–water partition coefficient (Wildman–Crippen LogP) is 2.13. The van der Waals surface area contributed by atoms with Gasteiger partial charge in [0.05, 0.1) is 24.1 Å². The molecule has 1 saturated heterocycles. The fourth-order valence-corrected chi connectivity index (χ4v) is 3.46. The molecular formula is C22H22N4O7. The molecule has 0 saturated carbocycles. The summed E-state index contributed by atoms with van der Waals surface area (Å²) < 4.78 is 5.28. The maximum absolute atomic E-state index is 13.2. The van der Waals surface area contributed by atoms with Gasteiger partial charge in [0.2, 0.25) is 11.8 Å². The fraction of sp³-hybridized carbons (Fsp3) is 0.273. The van der Waals surface area contributed by atoms with Crippen LogP contribution >= 0.6 is 0 Å². The summed E-state index contributed by atoms with van der Waals surface area (Å²) in [5, 5.41) is 11.8. The highest BCUT2D eigenvalue weighted by atomic mass is 16.6. The van der Waals surface area contributed by atoms with Crippen molar-refractivity contribution in [2.75, 3.05) is 12.0 Å². The number of ether oxygens (including phenoxy) is 1. The highest BCUT2D eigenvalue weighted by Gasteiger charge is 2.46. The van der Waals surface area contributed by atoms with Crippen LogP contribution in [0.3, 0.4) is 0 Å². The summed E-state index contributed by atoms with van der Waals surface area (Å²) in [6.45, 7) is 3.33. The van der Waals surface area contributed by atoms with Gasteiger partial charge in [0.1, 0.15) is 11.8 Å². The Labute approximate surface area is 189 Å². The summed E-state index contributed by atoms with van der Waals surface area (Å²) in [7, 11) is 1.41. The van der Waals surface area contributed by atoms with Crippen molar-refractivity contribution in [2.24, 2.45) is 0 Å². The summed E-state index contributed by atoms with van der Waals surface area (Å²) in [6.07, 6.45) is -0.405. The standard InChI is InChI=1S/C22H22N4O7/c1-4-19(27)25(23-21(29)14-6-5-7-15(11-14)26(31)32)17-12-20(28)24(22(17)30)16-10-13(2)8-9-18(16)33-3/h5-11,17H,4,12H2,1-3H3,(H,23,29). The summed E-state index contributed by atoms with van der Waals surface area (Å²) >= 11 is 0. The first-order chi connectivity index (χ1) is 15.7. The number of anilines is 1. The topological polar surface area (TPSA) is 139 Å². The van der Waals surface area contributed by atoms with Crippen molar-refractivity contribution in [1.82, 2.24) is 10.4 Å². The molecule has 2 aromatic rings. The van der Waals surface area contributed by atoms with E-state index in [1.807, 2.05) is 0 Å². The number of nitro benzene ring substituents is 1. The number of hydrogen-bond acceptors (Lipinski definition) is 7. The van der Waals surface area contributed by atoms with Gasteiger partial charge in [-0.2, -0.15) is 0 Å². The number of benzene rings is 2. The van der Waals surface area contributed by atoms with Gasteiger partial charge in [-0.25, -0.2) is 9.91 Å². The molecule has 1 N–H and O–H groups in total. The van der Waals surface area contributed by atoms with E-state index >= 15 is 0 Å². The predicted molar refractivity (Wildman–Crippen MR) is 116 cm³/mol. The Balaban J connectivity index is 1.92. The number of hydrazine groups is 1. The Kier molecular flexibility index (Phi) is 6.71. The SMILES string of the molecule is CCC(=O)N(NC(=O)c1cccc([N+](=O)[O-])c1)C1CC(=O)N(c2cc(C)ccc2OC)C1=O. The molecule has 1 aliphatic heterocycles. The smallest absolute Gasteiger partial charge is 0.270 e. The van der Waals surface area contributed by atoms with E-state index in [-0.39, 0.29) is 29.8 Å². The maximum Gasteiger partial charge on any atom is 0.270 e. The van der Waals surface area contributed by atoms with Crippen LogP contribution in [-0.4, -0.2) is 46.7 Å². The molecule has 1 aliphatic rings. The number of nitrogens with one attached hydrogen (secondary N) is 1. The van der Waals surface area contributed by atoms with E-state index < -0.39 is 34.6 Å². The number of aryl methyl sites for hydroxylation is 1. The third-order valence-electron chi connectivity index (χ3n) is 5.12. The Morgan fingerprint density at radius 1 is 1.24 bits per heavy atom. The molecule has 1 unspecified atom stereocenters. The monoisotopic (exact) mass is 454 g/mol. The molecule has 11 nitrogen and oxygen atoms in total. The third-order valence-corrected chi connectivity index (χ3v) is 5.12. The summed E-state index contributed by atoms with van der Waals surface area (Å²) in [4.78, 5) is 62.6. The van der Waals surface area contributed by atoms with E-state index in [9.17, 15) is 29.3 Å². The highest BCUT2D eigenvalue weighted by molar-refractivity contribution is 6.23. The molecular weight excluding hydrogens is 432 g/mol. The second-order valence-corrected chi connectivity index (χ2v) is 7.33. The van der Waals surface area contributed by atoms with Gasteiger partial charge >= 0.3 is 0 Å². The van der Waals surface area contributed by atoms with Crippen LogP contribution in [-0.2, 0) is 14.4 Å². The minimum absolute atomic E-state index is 0.0546. The molecule has 0 bridgehead atoms. The molecule has 172 valence electrons. The van der Waals surface area contributed by atoms with E-state index in [0.29, 0.717) is 5.75 Å². The first-order valence-corrected chi connectivity index (χ1v) is 10.1. The average Bonchev–Trinajstić information content (AvgIpc) is 3.10. The van der Waals surface area contributed by atoms with Crippen molar-refractivity contribution >= 4 is 35.0 Å². The number of carbonyl (C=O) groups excluding carboxylic acids is 4. The van der Waals surface area contributed by atoms with Gasteiger partial charge in [0, 0.05) is 24.1 Å². The Morgan fingerprint density at radius 2 is 1.97 bits per heavy atom. The van der Waals surface area contributed by atoms with Crippen LogP contribution in [0.1, 0.15) is 35.7 Å². The second kappa shape index (κ2) is 9.47. The lowest BCUT2D eigenvalue weighted by molar-refractivity contribution is -0.384. The number of carbonyl (C=O) groups is 4. The lowest BCUT2D eigenvalue weighted by atomic mass is 10.2. The number of non-ortho nitro benzene ring substituents is 1. The largest absolute Gasteiger partial charge is 0.495 e. The average molecular weight is 454 g/mol. The summed E-state index contributed by atoms with van der Waals surface area (Å²) in [5.41, 5.74) is 2.99. The van der Waals surface area contributed by atoms with Gasteiger partial charge in [0.25, 0.3) is 17.5 Å². The molecule has 3 rings (SSSR count). The van der Waals surface area contributed by atoms with E-state index in [1.165, 1.54) is 32.2 Å². The first kappa shape index (κ1) is 23.4. The zero-order chi connectivity index (χ0) is 24.3. The third kappa shape index (κ3) is 4.66. The van der Waals surface area contributed by atoms with Gasteiger partial charge in [-0.3, -0.25) is 34.7 Å². The molecule has 1 atom stereocenters. The zero-order valence-corrected chi connectivity index (χ0v) is 18.2. The molecule has 1 heterocycles. The lowest BCUT2D eigenvalue weighted by Gasteiger charge is -2.27. The van der Waals surface area contributed by atoms with Crippen molar-refractivity contribution < 1.29 is 28.8 Å². The van der Waals surface area contributed by atoms with E-state index in [0.717, 1.165) is 21.5 Å². The van der Waals surface area contributed by atoms with Gasteiger partial charge in [0.15, 0.2) is 0 Å². The maximum atomic E-state index is 13.2. The molecule has 33 heavy (non-hydrogen) atoms. The quantitative estimate of drug-likeness (QED) is 0.401. The van der Waals surface area contributed by atoms with Crippen molar-refractivity contribution in [3.05, 3.63) is 63.7 Å². The molecule has 11 heteroatoms. The van der Waals surface area contributed by atoms with Gasteiger partial charge in [-0.05, 0) is 30.7 Å². The summed E-state index contributed by atoms with van der Waals surface area (Å²) in [6, 6.07) is 8.66. The number of hydrogen-bond donors (Lipinski definition) is 1. The number of nitrogens with zero attached hydrogens (tertiary/aromatic N) is 3. The fourth-order valence-electron chi connectivity index (χ4n) is 3.46. The molecule has 0 aromatic heterocycles. The molecule has 1 fully saturated rings. The zero-order valence-electron chi connectivity index (χ0n) is 18.2. The van der Waals surface area contributed by atoms with Crippen LogP contribution in [0.2, 0.25) is 0 Å².